The summed E-state index contributed by atoms with van der Waals surface area (Å²) in [7, 11) is 1.72. The number of fused-ring (bicyclic) bond motifs is 3. The Kier molecular flexibility index (Phi) is 3.97. The Hall–Kier alpha value is -2.00. The smallest absolute Gasteiger partial charge is 0.119 e. The molecule has 1 saturated heterocycles. The van der Waals surface area contributed by atoms with Gasteiger partial charge in [0.05, 0.1) is 19.3 Å². The summed E-state index contributed by atoms with van der Waals surface area (Å²) < 4.78 is 11.7. The predicted octanol–water partition coefficient (Wildman–Crippen LogP) is 4.95. The zero-order valence-corrected chi connectivity index (χ0v) is 14.6. The Balaban J connectivity index is 1.80. The molecule has 3 nitrogen and oxygen atoms in total. The van der Waals surface area contributed by atoms with Crippen LogP contribution in [0.3, 0.4) is 0 Å². The summed E-state index contributed by atoms with van der Waals surface area (Å²) >= 11 is 0. The molecule has 3 atom stereocenters. The molecular formula is C21H25NO2. The lowest BCUT2D eigenvalue weighted by atomic mass is 9.76. The van der Waals surface area contributed by atoms with Gasteiger partial charge in [-0.25, -0.2) is 0 Å². The van der Waals surface area contributed by atoms with Crippen molar-refractivity contribution in [2.24, 2.45) is 5.92 Å². The second-order valence-corrected chi connectivity index (χ2v) is 7.04. The SMILES string of the molecule is COc1cccc(C2Nc3c(C)cc(C)cc3[C@H]3OCCC[C@@H]23)c1. The number of nitrogens with one attached hydrogen (secondary N) is 1. The molecule has 0 saturated carbocycles. The van der Waals surface area contributed by atoms with E-state index in [9.17, 15) is 0 Å². The summed E-state index contributed by atoms with van der Waals surface area (Å²) in [5.41, 5.74) is 6.46. The van der Waals surface area contributed by atoms with Crippen LogP contribution in [0.5, 0.6) is 5.75 Å². The van der Waals surface area contributed by atoms with E-state index in [2.05, 4.69) is 49.5 Å². The molecule has 1 fully saturated rings. The fourth-order valence-electron chi connectivity index (χ4n) is 4.32. The number of hydrogen-bond donors (Lipinski definition) is 1. The maximum atomic E-state index is 6.26. The first kappa shape index (κ1) is 15.5. The minimum absolute atomic E-state index is 0.185. The van der Waals surface area contributed by atoms with Crippen molar-refractivity contribution >= 4 is 5.69 Å². The zero-order chi connectivity index (χ0) is 16.7. The summed E-state index contributed by atoms with van der Waals surface area (Å²) in [5, 5.41) is 3.82. The number of hydrogen-bond acceptors (Lipinski definition) is 3. The summed E-state index contributed by atoms with van der Waals surface area (Å²) in [6.45, 7) is 5.21. The third-order valence-corrected chi connectivity index (χ3v) is 5.37. The summed E-state index contributed by atoms with van der Waals surface area (Å²) in [5.74, 6) is 1.37. The van der Waals surface area contributed by atoms with Gasteiger partial charge in [0.2, 0.25) is 0 Å². The van der Waals surface area contributed by atoms with Crippen LogP contribution in [0.1, 0.15) is 47.2 Å². The molecule has 2 aliphatic heterocycles. The number of rotatable bonds is 2. The van der Waals surface area contributed by atoms with Gasteiger partial charge in [0.1, 0.15) is 5.75 Å². The standard InChI is InChI=1S/C21H25NO2/c1-13-10-14(2)19-18(11-13)21-17(8-5-9-24-21)20(22-19)15-6-4-7-16(12-15)23-3/h4,6-7,10-12,17,20-22H,5,8-9H2,1-3H3/t17-,20?,21-/m0/s1. The van der Waals surface area contributed by atoms with Gasteiger partial charge in [-0.15, -0.1) is 0 Å². The molecule has 1 N–H and O–H groups in total. The maximum absolute atomic E-state index is 6.26. The van der Waals surface area contributed by atoms with E-state index in [1.807, 2.05) is 6.07 Å². The number of methoxy groups -OCH3 is 1. The van der Waals surface area contributed by atoms with E-state index in [1.165, 1.54) is 34.4 Å². The van der Waals surface area contributed by atoms with Crippen LogP contribution in [-0.4, -0.2) is 13.7 Å². The molecule has 0 bridgehead atoms. The molecule has 2 heterocycles. The largest absolute Gasteiger partial charge is 0.497 e. The fraction of sp³-hybridized carbons (Fsp3) is 0.429. The van der Waals surface area contributed by atoms with Crippen molar-refractivity contribution in [1.29, 1.82) is 0 Å². The minimum atomic E-state index is 0.185. The molecule has 0 aliphatic carbocycles. The van der Waals surface area contributed by atoms with E-state index < -0.39 is 0 Å². The molecule has 24 heavy (non-hydrogen) atoms. The van der Waals surface area contributed by atoms with Crippen LogP contribution in [0.2, 0.25) is 0 Å². The van der Waals surface area contributed by atoms with Gasteiger partial charge in [-0.05, 0) is 49.9 Å². The van der Waals surface area contributed by atoms with E-state index in [0.717, 1.165) is 18.8 Å². The quantitative estimate of drug-likeness (QED) is 0.848. The first-order valence-corrected chi connectivity index (χ1v) is 8.80. The highest BCUT2D eigenvalue weighted by Crippen LogP contribution is 2.50. The van der Waals surface area contributed by atoms with Crippen molar-refractivity contribution in [2.45, 2.75) is 38.8 Å². The molecular weight excluding hydrogens is 298 g/mol. The van der Waals surface area contributed by atoms with Crippen molar-refractivity contribution in [1.82, 2.24) is 0 Å². The van der Waals surface area contributed by atoms with Crippen LogP contribution in [-0.2, 0) is 4.74 Å². The third-order valence-electron chi connectivity index (χ3n) is 5.37. The predicted molar refractivity (Wildman–Crippen MR) is 96.7 cm³/mol. The highest BCUT2D eigenvalue weighted by Gasteiger charge is 2.40. The average Bonchev–Trinajstić information content (AvgIpc) is 2.61. The van der Waals surface area contributed by atoms with Crippen molar-refractivity contribution in [3.8, 4) is 5.75 Å². The Morgan fingerprint density at radius 1 is 1.17 bits per heavy atom. The second kappa shape index (κ2) is 6.14. The summed E-state index contributed by atoms with van der Waals surface area (Å²) in [6, 6.07) is 13.2. The maximum Gasteiger partial charge on any atom is 0.119 e. The Bertz CT molecular complexity index is 755. The molecule has 0 spiro atoms. The van der Waals surface area contributed by atoms with E-state index in [1.54, 1.807) is 7.11 Å². The van der Waals surface area contributed by atoms with Crippen LogP contribution in [0.25, 0.3) is 0 Å². The normalized spacial score (nSPS) is 25.4. The first-order valence-electron chi connectivity index (χ1n) is 8.80. The molecule has 0 aromatic heterocycles. The van der Waals surface area contributed by atoms with Crippen LogP contribution in [0, 0.1) is 19.8 Å². The Morgan fingerprint density at radius 3 is 2.88 bits per heavy atom. The van der Waals surface area contributed by atoms with Gasteiger partial charge in [0.15, 0.2) is 0 Å². The number of ether oxygens (including phenoxy) is 2. The zero-order valence-electron chi connectivity index (χ0n) is 14.6. The molecule has 4 rings (SSSR count). The van der Waals surface area contributed by atoms with Gasteiger partial charge in [-0.1, -0.05) is 29.8 Å². The highest BCUT2D eigenvalue weighted by molar-refractivity contribution is 5.63. The summed E-state index contributed by atoms with van der Waals surface area (Å²) in [4.78, 5) is 0. The van der Waals surface area contributed by atoms with Crippen molar-refractivity contribution in [3.63, 3.8) is 0 Å². The molecule has 0 amide bonds. The lowest BCUT2D eigenvalue weighted by Gasteiger charge is -2.44. The molecule has 2 aliphatic rings. The van der Waals surface area contributed by atoms with Crippen LogP contribution in [0.4, 0.5) is 5.69 Å². The van der Waals surface area contributed by atoms with E-state index in [4.69, 9.17) is 9.47 Å². The molecule has 0 radical (unpaired) electrons. The minimum Gasteiger partial charge on any atom is -0.497 e. The lowest BCUT2D eigenvalue weighted by molar-refractivity contribution is -0.0382. The highest BCUT2D eigenvalue weighted by atomic mass is 16.5. The van der Waals surface area contributed by atoms with Crippen molar-refractivity contribution in [2.75, 3.05) is 19.0 Å². The Labute approximate surface area is 144 Å². The van der Waals surface area contributed by atoms with Crippen molar-refractivity contribution < 1.29 is 9.47 Å². The number of anilines is 1. The van der Waals surface area contributed by atoms with E-state index >= 15 is 0 Å². The monoisotopic (exact) mass is 323 g/mol. The second-order valence-electron chi connectivity index (χ2n) is 7.04. The van der Waals surface area contributed by atoms with Gasteiger partial charge in [-0.3, -0.25) is 0 Å². The van der Waals surface area contributed by atoms with Crippen LogP contribution < -0.4 is 10.1 Å². The molecule has 126 valence electrons. The molecule has 1 unspecified atom stereocenters. The average molecular weight is 323 g/mol. The number of aryl methyl sites for hydroxylation is 2. The van der Waals surface area contributed by atoms with E-state index in [0.29, 0.717) is 5.92 Å². The van der Waals surface area contributed by atoms with Gasteiger partial charge in [-0.2, -0.15) is 0 Å². The van der Waals surface area contributed by atoms with Gasteiger partial charge >= 0.3 is 0 Å². The molecule has 2 aromatic carbocycles. The van der Waals surface area contributed by atoms with Gasteiger partial charge in [0.25, 0.3) is 0 Å². The lowest BCUT2D eigenvalue weighted by Crippen LogP contribution is -2.36. The topological polar surface area (TPSA) is 30.5 Å². The van der Waals surface area contributed by atoms with Crippen LogP contribution >= 0.6 is 0 Å². The van der Waals surface area contributed by atoms with E-state index in [-0.39, 0.29) is 12.1 Å². The molecule has 3 heteroatoms. The van der Waals surface area contributed by atoms with Gasteiger partial charge < -0.3 is 14.8 Å². The summed E-state index contributed by atoms with van der Waals surface area (Å²) in [6.07, 6.45) is 2.50. The fourth-order valence-corrected chi connectivity index (χ4v) is 4.32. The van der Waals surface area contributed by atoms with Crippen molar-refractivity contribution in [3.05, 3.63) is 58.7 Å². The van der Waals surface area contributed by atoms with Gasteiger partial charge in [0, 0.05) is 23.8 Å². The van der Waals surface area contributed by atoms with Crippen LogP contribution in [0.15, 0.2) is 36.4 Å². The third kappa shape index (κ3) is 2.57. The number of benzene rings is 2. The Morgan fingerprint density at radius 2 is 2.04 bits per heavy atom. The molecule has 2 aromatic rings. The first-order chi connectivity index (χ1) is 11.7.